The summed E-state index contributed by atoms with van der Waals surface area (Å²) in [5, 5.41) is 56.7. The first-order chi connectivity index (χ1) is 40.8. The maximum Gasteiger partial charge on any atom is 4.00 e. The number of hydrogen-bond acceptors (Lipinski definition) is 12. The summed E-state index contributed by atoms with van der Waals surface area (Å²) in [7, 11) is 0. The fraction of sp³-hybridized carbons (Fsp3) is 0.389. The summed E-state index contributed by atoms with van der Waals surface area (Å²) in [4.78, 5) is 50.0. The van der Waals surface area contributed by atoms with Crippen LogP contribution in [0, 0.1) is 71.0 Å². The topological polar surface area (TPSA) is 161 Å². The van der Waals surface area contributed by atoms with Crippen LogP contribution in [0.3, 0.4) is 0 Å². The van der Waals surface area contributed by atoms with Crippen LogP contribution in [0.2, 0.25) is 0 Å². The molecule has 85 heavy (non-hydrogen) atoms. The molecule has 8 aliphatic rings. The van der Waals surface area contributed by atoms with Gasteiger partial charge in [0.15, 0.2) is 0 Å². The predicted octanol–water partition coefficient (Wildman–Crippen LogP) is 12.4. The summed E-state index contributed by atoms with van der Waals surface area (Å²) in [6.07, 6.45) is 12.3. The van der Waals surface area contributed by atoms with Gasteiger partial charge in [0.1, 0.15) is 0 Å². The Hall–Kier alpha value is -5.21. The minimum Gasteiger partial charge on any atom is -0.550 e. The van der Waals surface area contributed by atoms with E-state index < -0.39 is 23.9 Å². The zero-order valence-electron chi connectivity index (χ0n) is 47.3. The van der Waals surface area contributed by atoms with Crippen molar-refractivity contribution in [1.82, 2.24) is 0 Å². The number of rotatable bonds is 12. The van der Waals surface area contributed by atoms with Gasteiger partial charge >= 0.3 is 21.7 Å². The molecule has 16 unspecified atom stereocenters. The number of thioether (sulfide) groups is 4. The molecule has 0 aromatic heterocycles. The molecule has 8 aromatic carbocycles. The first kappa shape index (κ1) is 60.1. The number of carboxylic acid groups (broad SMARTS) is 4. The second-order valence-electron chi connectivity index (χ2n) is 25.3. The first-order valence-electron chi connectivity index (χ1n) is 30.3. The summed E-state index contributed by atoms with van der Waals surface area (Å²) in [6.45, 7) is 0. The molecule has 0 heterocycles. The van der Waals surface area contributed by atoms with Crippen LogP contribution in [0.5, 0.6) is 0 Å². The van der Waals surface area contributed by atoms with Gasteiger partial charge in [0, 0.05) is 88.1 Å². The number of hydrogen-bond donors (Lipinski definition) is 0. The normalized spacial score (nSPS) is 30.5. The molecule has 13 heteroatoms. The molecule has 16 rings (SSSR count). The summed E-state index contributed by atoms with van der Waals surface area (Å²) in [6, 6.07) is 59.6. The Bertz CT molecular complexity index is 3280. The molecule has 8 saturated carbocycles. The average molecular weight is 1240 g/mol. The predicted molar refractivity (Wildman–Crippen MR) is 332 cm³/mol. The fourth-order valence-corrected chi connectivity index (χ4v) is 22.6. The number of aliphatic carboxylic acids is 4. The van der Waals surface area contributed by atoms with Gasteiger partial charge in [-0.15, -0.1) is 47.0 Å². The summed E-state index contributed by atoms with van der Waals surface area (Å²) >= 11 is 7.44. The third kappa shape index (κ3) is 13.3. The molecule has 0 radical (unpaired) electrons. The number of fused-ring (bicyclic) bond motifs is 12. The van der Waals surface area contributed by atoms with Gasteiger partial charge < -0.3 is 39.6 Å². The van der Waals surface area contributed by atoms with Crippen molar-refractivity contribution in [2.24, 2.45) is 71.0 Å². The molecular formula is C72H68O8S4Ti. The molecule has 0 amide bonds. The maximum absolute atomic E-state index is 11.2. The molecule has 8 nitrogen and oxygen atoms in total. The number of carboxylic acids is 4. The summed E-state index contributed by atoms with van der Waals surface area (Å²) in [5.41, 5.74) is 0. The molecule has 8 fully saturated rings. The molecule has 0 spiro atoms. The second-order valence-corrected chi connectivity index (χ2v) is 30.6. The van der Waals surface area contributed by atoms with Gasteiger partial charge in [-0.05, 0) is 216 Å². The van der Waals surface area contributed by atoms with E-state index in [9.17, 15) is 39.6 Å². The minimum atomic E-state index is -0.841. The molecule has 0 saturated heterocycles. The molecule has 0 aliphatic heterocycles. The summed E-state index contributed by atoms with van der Waals surface area (Å²) < 4.78 is 0. The van der Waals surface area contributed by atoms with E-state index in [1.54, 1.807) is 0 Å². The van der Waals surface area contributed by atoms with Crippen LogP contribution in [0.25, 0.3) is 43.1 Å². The van der Waals surface area contributed by atoms with Crippen molar-refractivity contribution in [3.63, 3.8) is 0 Å². The number of carbonyl (C=O) groups is 4. The molecule has 8 aromatic rings. The van der Waals surface area contributed by atoms with Gasteiger partial charge in [0.2, 0.25) is 0 Å². The van der Waals surface area contributed by atoms with Crippen molar-refractivity contribution in [3.05, 3.63) is 170 Å². The average Bonchev–Trinajstić information content (AvgIpc) is 3.91. The Balaban J connectivity index is 0.000000111. The Morgan fingerprint density at radius 2 is 0.471 bits per heavy atom. The zero-order chi connectivity index (χ0) is 57.6. The monoisotopic (exact) mass is 1240 g/mol. The molecule has 0 N–H and O–H groups in total. The van der Waals surface area contributed by atoms with Gasteiger partial charge in [0.25, 0.3) is 0 Å². The van der Waals surface area contributed by atoms with E-state index in [1.807, 2.05) is 47.0 Å². The largest absolute Gasteiger partial charge is 4.00 e. The molecule has 8 aliphatic carbocycles. The van der Waals surface area contributed by atoms with Crippen LogP contribution in [-0.2, 0) is 40.9 Å². The van der Waals surface area contributed by atoms with Crippen LogP contribution in [0.4, 0.5) is 0 Å². The molecule has 16 atom stereocenters. The van der Waals surface area contributed by atoms with Crippen molar-refractivity contribution in [3.8, 4) is 0 Å². The van der Waals surface area contributed by atoms with Crippen LogP contribution >= 0.6 is 47.0 Å². The number of benzene rings is 8. The van der Waals surface area contributed by atoms with Crippen molar-refractivity contribution < 1.29 is 61.3 Å². The molecule has 8 bridgehead atoms. The quantitative estimate of drug-likeness (QED) is 0.107. The van der Waals surface area contributed by atoms with Gasteiger partial charge in [-0.3, -0.25) is 0 Å². The fourth-order valence-electron chi connectivity index (χ4n) is 16.4. The van der Waals surface area contributed by atoms with Crippen molar-refractivity contribution in [2.75, 3.05) is 0 Å². The maximum atomic E-state index is 11.2. The van der Waals surface area contributed by atoms with E-state index in [2.05, 4.69) is 170 Å². The van der Waals surface area contributed by atoms with Crippen molar-refractivity contribution >= 4 is 114 Å². The zero-order valence-corrected chi connectivity index (χ0v) is 52.1. The van der Waals surface area contributed by atoms with E-state index in [1.165, 1.54) is 62.7 Å². The van der Waals surface area contributed by atoms with E-state index >= 15 is 0 Å². The standard InChI is InChI=1S/4C18H18O2S.Ti/c4*19-18(20)16-8-11-7-15(16)17(9-11)21-14-6-5-12-3-1-2-4-13(12)10-14;/h4*1-6,10-11,15-17H,7-9H2,(H,19,20);/q;;;;+4/p-4. The third-order valence-electron chi connectivity index (χ3n) is 20.3. The minimum absolute atomic E-state index is 0. The summed E-state index contributed by atoms with van der Waals surface area (Å²) in [5.74, 6) is -0.665. The Kier molecular flexibility index (Phi) is 18.6. The van der Waals surface area contributed by atoms with Gasteiger partial charge in [-0.25, -0.2) is 0 Å². The van der Waals surface area contributed by atoms with Crippen molar-refractivity contribution in [2.45, 2.75) is 118 Å². The third-order valence-corrected chi connectivity index (χ3v) is 25.7. The van der Waals surface area contributed by atoms with E-state index in [-0.39, 0.29) is 45.4 Å². The Morgan fingerprint density at radius 3 is 0.659 bits per heavy atom. The molecule has 432 valence electrons. The smallest absolute Gasteiger partial charge is 0.550 e. The van der Waals surface area contributed by atoms with E-state index in [4.69, 9.17) is 0 Å². The van der Waals surface area contributed by atoms with Crippen LogP contribution in [0.15, 0.2) is 189 Å². The van der Waals surface area contributed by atoms with Crippen molar-refractivity contribution in [1.29, 1.82) is 0 Å². The van der Waals surface area contributed by atoms with E-state index in [0.29, 0.717) is 68.3 Å². The Labute approximate surface area is 529 Å². The van der Waals surface area contributed by atoms with E-state index in [0.717, 1.165) is 77.0 Å². The van der Waals surface area contributed by atoms with Crippen LogP contribution in [-0.4, -0.2) is 44.9 Å². The van der Waals surface area contributed by atoms with Crippen LogP contribution < -0.4 is 20.4 Å². The van der Waals surface area contributed by atoms with Crippen LogP contribution in [0.1, 0.15) is 77.0 Å². The SMILES string of the molecule is O=C([O-])C1CC2CC(Sc3ccc4ccccc4c3)C1C2.O=C([O-])C1CC2CC(Sc3ccc4ccccc4c3)C1C2.O=C([O-])C1CC2CC(Sc3ccc4ccccc4c3)C1C2.O=C([O-])C1CC2CC(Sc3ccc4ccccc4c3)C1C2.[Ti+4]. The first-order valence-corrected chi connectivity index (χ1v) is 33.8. The Morgan fingerprint density at radius 1 is 0.271 bits per heavy atom. The molecular weight excluding hydrogens is 1170 g/mol. The second kappa shape index (κ2) is 26.2. The van der Waals surface area contributed by atoms with Gasteiger partial charge in [-0.1, -0.05) is 121 Å². The van der Waals surface area contributed by atoms with Gasteiger partial charge in [-0.2, -0.15) is 0 Å². The number of carbonyl (C=O) groups excluding carboxylic acids is 4. The van der Waals surface area contributed by atoms with Gasteiger partial charge in [0.05, 0.1) is 0 Å².